The van der Waals surface area contributed by atoms with Gasteiger partial charge in [-0.2, -0.15) is 11.8 Å². The van der Waals surface area contributed by atoms with Crippen molar-refractivity contribution in [3.05, 3.63) is 23.5 Å². The Balaban J connectivity index is 2.56. The summed E-state index contributed by atoms with van der Waals surface area (Å²) in [5.74, 6) is 0.783. The first-order chi connectivity index (χ1) is 8.22. The fraction of sp³-hybridized carbons (Fsp3) is 0.583. The molecular weight excluding hydrogens is 236 g/mol. The third kappa shape index (κ3) is 4.09. The predicted octanol–water partition coefficient (Wildman–Crippen LogP) is 2.03. The number of carbonyl (C=O) groups is 1. The Labute approximate surface area is 107 Å². The number of rotatable bonds is 7. The van der Waals surface area contributed by atoms with E-state index in [1.54, 1.807) is 12.3 Å². The second-order valence-electron chi connectivity index (χ2n) is 3.80. The van der Waals surface area contributed by atoms with Gasteiger partial charge in [0, 0.05) is 30.2 Å². The Hall–Kier alpha value is -0.940. The Bertz CT molecular complexity index is 352. The fourth-order valence-electron chi connectivity index (χ4n) is 1.62. The van der Waals surface area contributed by atoms with Crippen LogP contribution in [0.2, 0.25) is 0 Å². The van der Waals surface area contributed by atoms with Gasteiger partial charge in [-0.3, -0.25) is 0 Å². The van der Waals surface area contributed by atoms with Crippen LogP contribution in [0.1, 0.15) is 29.4 Å². The third-order valence-corrected chi connectivity index (χ3v) is 3.40. The van der Waals surface area contributed by atoms with Crippen molar-refractivity contribution in [2.75, 3.05) is 19.1 Å². The van der Waals surface area contributed by atoms with Crippen LogP contribution in [0.5, 0.6) is 0 Å². The summed E-state index contributed by atoms with van der Waals surface area (Å²) in [6, 6.07) is 2.22. The van der Waals surface area contributed by atoms with Crippen LogP contribution in [-0.2, 0) is 11.3 Å². The lowest BCUT2D eigenvalue weighted by Gasteiger charge is -2.15. The molecule has 0 aromatic carbocycles. The number of aromatic amines is 1. The molecule has 0 fully saturated rings. The van der Waals surface area contributed by atoms with Gasteiger partial charge in [-0.1, -0.05) is 6.92 Å². The van der Waals surface area contributed by atoms with Crippen LogP contribution >= 0.6 is 11.8 Å². The topological polar surface area (TPSA) is 54.1 Å². The molecule has 0 radical (unpaired) electrons. The van der Waals surface area contributed by atoms with Gasteiger partial charge in [0.1, 0.15) is 0 Å². The molecule has 96 valence electrons. The number of methoxy groups -OCH3 is 1. The van der Waals surface area contributed by atoms with Gasteiger partial charge in [-0.15, -0.1) is 0 Å². The van der Waals surface area contributed by atoms with E-state index < -0.39 is 0 Å². The van der Waals surface area contributed by atoms with Gasteiger partial charge in [0.05, 0.1) is 12.7 Å². The number of H-pyrrole nitrogens is 1. The van der Waals surface area contributed by atoms with Gasteiger partial charge in [-0.25, -0.2) is 4.79 Å². The molecule has 0 saturated heterocycles. The minimum Gasteiger partial charge on any atom is -0.465 e. The molecule has 1 unspecified atom stereocenters. The van der Waals surface area contributed by atoms with Crippen molar-refractivity contribution in [2.45, 2.75) is 25.9 Å². The molecule has 0 saturated carbocycles. The maximum atomic E-state index is 11.5. The molecule has 0 spiro atoms. The number of ether oxygens (including phenoxy) is 1. The average Bonchev–Trinajstić information content (AvgIpc) is 2.81. The molecule has 0 amide bonds. The molecule has 1 rings (SSSR count). The van der Waals surface area contributed by atoms with Crippen LogP contribution < -0.4 is 5.32 Å². The zero-order valence-corrected chi connectivity index (χ0v) is 11.4. The Morgan fingerprint density at radius 3 is 3.00 bits per heavy atom. The van der Waals surface area contributed by atoms with Crippen LogP contribution in [-0.4, -0.2) is 36.1 Å². The summed E-state index contributed by atoms with van der Waals surface area (Å²) in [6.07, 6.45) is 4.94. The molecule has 17 heavy (non-hydrogen) atoms. The van der Waals surface area contributed by atoms with E-state index in [0.717, 1.165) is 17.9 Å². The summed E-state index contributed by atoms with van der Waals surface area (Å²) in [5, 5.41) is 3.43. The van der Waals surface area contributed by atoms with E-state index in [1.807, 2.05) is 11.8 Å². The maximum absolute atomic E-state index is 11.5. The number of nitrogens with one attached hydrogen (secondary N) is 2. The van der Waals surface area contributed by atoms with Crippen LogP contribution in [0, 0.1) is 0 Å². The van der Waals surface area contributed by atoms with Gasteiger partial charge in [0.25, 0.3) is 0 Å². The molecule has 5 heteroatoms. The summed E-state index contributed by atoms with van der Waals surface area (Å²) < 4.78 is 4.73. The lowest BCUT2D eigenvalue weighted by atomic mass is 10.2. The average molecular weight is 256 g/mol. The van der Waals surface area contributed by atoms with Crippen LogP contribution in [0.25, 0.3) is 0 Å². The predicted molar refractivity (Wildman–Crippen MR) is 71.4 cm³/mol. The molecule has 0 aliphatic heterocycles. The minimum atomic E-state index is -0.291. The zero-order chi connectivity index (χ0) is 12.7. The summed E-state index contributed by atoms with van der Waals surface area (Å²) in [7, 11) is 1.40. The van der Waals surface area contributed by atoms with Crippen molar-refractivity contribution >= 4 is 17.7 Å². The van der Waals surface area contributed by atoms with Gasteiger partial charge >= 0.3 is 5.97 Å². The highest BCUT2D eigenvalue weighted by Gasteiger charge is 2.13. The standard InChI is InChI=1S/C12H20N2O2S/c1-4-9(8-17-3)14-7-11-10(5-6-13-11)12(15)16-2/h5-6,9,13-14H,4,7-8H2,1-3H3. The first-order valence-corrected chi connectivity index (χ1v) is 7.09. The van der Waals surface area contributed by atoms with Crippen molar-refractivity contribution in [2.24, 2.45) is 0 Å². The van der Waals surface area contributed by atoms with Crippen molar-refractivity contribution in [1.82, 2.24) is 10.3 Å². The molecule has 0 bridgehead atoms. The number of thioether (sulfide) groups is 1. The first-order valence-electron chi connectivity index (χ1n) is 5.69. The minimum absolute atomic E-state index is 0.291. The number of carbonyl (C=O) groups excluding carboxylic acids is 1. The van der Waals surface area contributed by atoms with E-state index in [9.17, 15) is 4.79 Å². The van der Waals surface area contributed by atoms with E-state index in [-0.39, 0.29) is 5.97 Å². The SMILES string of the molecule is CCC(CSC)NCc1[nH]ccc1C(=O)OC. The molecule has 4 nitrogen and oxygen atoms in total. The Morgan fingerprint density at radius 2 is 2.41 bits per heavy atom. The second-order valence-corrected chi connectivity index (χ2v) is 4.71. The number of esters is 1. The van der Waals surface area contributed by atoms with Gasteiger partial charge in [-0.05, 0) is 18.7 Å². The van der Waals surface area contributed by atoms with Crippen LogP contribution in [0.4, 0.5) is 0 Å². The molecule has 2 N–H and O–H groups in total. The van der Waals surface area contributed by atoms with Gasteiger partial charge < -0.3 is 15.0 Å². The highest BCUT2D eigenvalue weighted by molar-refractivity contribution is 7.98. The number of aromatic nitrogens is 1. The van der Waals surface area contributed by atoms with E-state index in [2.05, 4.69) is 23.5 Å². The lowest BCUT2D eigenvalue weighted by molar-refractivity contribution is 0.0599. The number of hydrogen-bond acceptors (Lipinski definition) is 4. The fourth-order valence-corrected chi connectivity index (χ4v) is 2.38. The van der Waals surface area contributed by atoms with Crippen molar-refractivity contribution in [3.8, 4) is 0 Å². The van der Waals surface area contributed by atoms with Crippen molar-refractivity contribution in [1.29, 1.82) is 0 Å². The van der Waals surface area contributed by atoms with Crippen LogP contribution in [0.15, 0.2) is 12.3 Å². The van der Waals surface area contributed by atoms with Crippen molar-refractivity contribution in [3.63, 3.8) is 0 Å². The summed E-state index contributed by atoms with van der Waals surface area (Å²) >= 11 is 1.82. The Kier molecular flexibility index (Phi) is 6.15. The quantitative estimate of drug-likeness (QED) is 0.733. The van der Waals surface area contributed by atoms with Gasteiger partial charge in [0.15, 0.2) is 0 Å². The molecular formula is C12H20N2O2S. The normalized spacial score (nSPS) is 12.4. The van der Waals surface area contributed by atoms with Crippen LogP contribution in [0.3, 0.4) is 0 Å². The number of hydrogen-bond donors (Lipinski definition) is 2. The first kappa shape index (κ1) is 14.1. The maximum Gasteiger partial charge on any atom is 0.339 e. The second kappa shape index (κ2) is 7.40. The highest BCUT2D eigenvalue weighted by Crippen LogP contribution is 2.09. The summed E-state index contributed by atoms with van der Waals surface area (Å²) in [6.45, 7) is 2.82. The monoisotopic (exact) mass is 256 g/mol. The molecule has 0 aliphatic carbocycles. The smallest absolute Gasteiger partial charge is 0.339 e. The van der Waals surface area contributed by atoms with E-state index in [1.165, 1.54) is 7.11 Å². The largest absolute Gasteiger partial charge is 0.465 e. The third-order valence-electron chi connectivity index (χ3n) is 2.67. The summed E-state index contributed by atoms with van der Waals surface area (Å²) in [4.78, 5) is 14.5. The molecule has 0 aliphatic rings. The molecule has 1 heterocycles. The summed E-state index contributed by atoms with van der Waals surface area (Å²) in [5.41, 5.74) is 1.50. The molecule has 1 aromatic heterocycles. The van der Waals surface area contributed by atoms with E-state index in [0.29, 0.717) is 18.2 Å². The van der Waals surface area contributed by atoms with E-state index >= 15 is 0 Å². The van der Waals surface area contributed by atoms with Crippen molar-refractivity contribution < 1.29 is 9.53 Å². The van der Waals surface area contributed by atoms with Gasteiger partial charge in [0.2, 0.25) is 0 Å². The zero-order valence-electron chi connectivity index (χ0n) is 10.6. The molecule has 1 aromatic rings. The van der Waals surface area contributed by atoms with E-state index in [4.69, 9.17) is 4.74 Å². The highest BCUT2D eigenvalue weighted by atomic mass is 32.2. The molecule has 1 atom stereocenters. The lowest BCUT2D eigenvalue weighted by Crippen LogP contribution is -2.30. The Morgan fingerprint density at radius 1 is 1.65 bits per heavy atom.